The molecule has 0 bridgehead atoms. The number of hydrogen-bond acceptors (Lipinski definition) is 6. The minimum Gasteiger partial charge on any atom is -0.496 e. The summed E-state index contributed by atoms with van der Waals surface area (Å²) >= 11 is 0. The number of esters is 1. The molecule has 3 aromatic rings. The van der Waals surface area contributed by atoms with Crippen LogP contribution in [-0.2, 0) is 20.9 Å². The van der Waals surface area contributed by atoms with Crippen molar-refractivity contribution in [3.8, 4) is 5.75 Å². The lowest BCUT2D eigenvalue weighted by atomic mass is 10.1. The fraction of sp³-hybridized carbons (Fsp3) is 0.227. The lowest BCUT2D eigenvalue weighted by Crippen LogP contribution is -2.39. The van der Waals surface area contributed by atoms with Gasteiger partial charge in [-0.25, -0.2) is 4.79 Å². The maximum atomic E-state index is 12.5. The molecule has 0 aliphatic carbocycles. The molecule has 0 spiro atoms. The molecule has 0 aliphatic rings. The number of likely N-dealkylation sites (N-methyl/N-ethyl adjacent to an activating group) is 1. The zero-order valence-corrected chi connectivity index (χ0v) is 16.7. The molecule has 30 heavy (non-hydrogen) atoms. The fourth-order valence-corrected chi connectivity index (χ4v) is 2.82. The molecule has 0 unspecified atom stereocenters. The summed E-state index contributed by atoms with van der Waals surface area (Å²) in [6.45, 7) is -0.433. The summed E-state index contributed by atoms with van der Waals surface area (Å²) in [6, 6.07) is 14.4. The van der Waals surface area contributed by atoms with E-state index in [1.54, 1.807) is 24.3 Å². The van der Waals surface area contributed by atoms with Gasteiger partial charge in [0.2, 0.25) is 5.91 Å². The van der Waals surface area contributed by atoms with E-state index in [9.17, 15) is 14.4 Å². The molecule has 0 fully saturated rings. The minimum absolute atomic E-state index is 0.170. The molecular weight excluding hydrogens is 388 g/mol. The number of fused-ring (bicyclic) bond motifs is 1. The molecule has 0 radical (unpaired) electrons. The standard InChI is InChI=1S/C22H22N2O6/c1-24(13-20(25)23-12-17-8-5-9-29-17)21(26)14-30-22(27)18-10-15-6-3-4-7-16(15)11-19(18)28-2/h3-11H,12-14H2,1-2H3,(H,23,25). The maximum Gasteiger partial charge on any atom is 0.342 e. The number of nitrogens with one attached hydrogen (secondary N) is 1. The number of amides is 2. The van der Waals surface area contributed by atoms with Gasteiger partial charge >= 0.3 is 5.97 Å². The van der Waals surface area contributed by atoms with E-state index in [1.165, 1.54) is 25.3 Å². The van der Waals surface area contributed by atoms with E-state index >= 15 is 0 Å². The molecule has 0 aliphatic heterocycles. The number of benzene rings is 2. The topological polar surface area (TPSA) is 98.1 Å². The molecule has 0 saturated heterocycles. The van der Waals surface area contributed by atoms with Crippen LogP contribution < -0.4 is 10.1 Å². The van der Waals surface area contributed by atoms with Crippen molar-refractivity contribution in [2.75, 3.05) is 27.3 Å². The summed E-state index contributed by atoms with van der Waals surface area (Å²) in [5.41, 5.74) is 0.225. The Morgan fingerprint density at radius 1 is 1.07 bits per heavy atom. The quantitative estimate of drug-likeness (QED) is 0.573. The Hall–Kier alpha value is -3.81. The SMILES string of the molecule is COc1cc2ccccc2cc1C(=O)OCC(=O)N(C)CC(=O)NCc1ccco1. The molecule has 8 heteroatoms. The van der Waals surface area contributed by atoms with Crippen LogP contribution in [0.5, 0.6) is 5.75 Å². The van der Waals surface area contributed by atoms with Crippen LogP contribution in [0.1, 0.15) is 16.1 Å². The summed E-state index contributed by atoms with van der Waals surface area (Å²) < 4.78 is 15.6. The zero-order valence-electron chi connectivity index (χ0n) is 16.7. The van der Waals surface area contributed by atoms with Crippen molar-refractivity contribution in [2.45, 2.75) is 6.54 Å². The molecule has 0 saturated carbocycles. The molecule has 8 nitrogen and oxygen atoms in total. The van der Waals surface area contributed by atoms with Gasteiger partial charge in [0.1, 0.15) is 17.1 Å². The normalized spacial score (nSPS) is 10.5. The lowest BCUT2D eigenvalue weighted by molar-refractivity contribution is -0.137. The number of nitrogens with zero attached hydrogens (tertiary/aromatic N) is 1. The number of carbonyl (C=O) groups excluding carboxylic acids is 3. The molecule has 2 amide bonds. The van der Waals surface area contributed by atoms with Crippen molar-refractivity contribution < 1.29 is 28.3 Å². The summed E-state index contributed by atoms with van der Waals surface area (Å²) in [4.78, 5) is 37.9. The summed E-state index contributed by atoms with van der Waals surface area (Å²) in [5.74, 6) is -0.574. The van der Waals surface area contributed by atoms with Crippen LogP contribution in [0, 0.1) is 0 Å². The van der Waals surface area contributed by atoms with E-state index in [1.807, 2.05) is 24.3 Å². The second-order valence-electron chi connectivity index (χ2n) is 6.58. The fourth-order valence-electron chi connectivity index (χ4n) is 2.82. The molecular formula is C22H22N2O6. The third-order valence-corrected chi connectivity index (χ3v) is 4.46. The average Bonchev–Trinajstić information content (AvgIpc) is 3.28. The Kier molecular flexibility index (Phi) is 6.69. The number of carbonyl (C=O) groups is 3. The largest absolute Gasteiger partial charge is 0.496 e. The summed E-state index contributed by atoms with van der Waals surface area (Å²) in [7, 11) is 2.92. The predicted octanol–water partition coefficient (Wildman–Crippen LogP) is 2.37. The third kappa shape index (κ3) is 5.16. The van der Waals surface area contributed by atoms with Crippen molar-refractivity contribution in [1.82, 2.24) is 10.2 Å². The Bertz CT molecular complexity index is 1040. The van der Waals surface area contributed by atoms with E-state index in [-0.39, 0.29) is 24.6 Å². The molecule has 3 rings (SSSR count). The molecule has 0 atom stereocenters. The van der Waals surface area contributed by atoms with E-state index in [2.05, 4.69) is 5.32 Å². The first-order valence-electron chi connectivity index (χ1n) is 9.25. The van der Waals surface area contributed by atoms with Crippen LogP contribution in [0.2, 0.25) is 0 Å². The van der Waals surface area contributed by atoms with Crippen LogP contribution in [-0.4, -0.2) is 50.0 Å². The predicted molar refractivity (Wildman–Crippen MR) is 109 cm³/mol. The van der Waals surface area contributed by atoms with Crippen LogP contribution in [0.4, 0.5) is 0 Å². The Morgan fingerprint density at radius 3 is 2.47 bits per heavy atom. The van der Waals surface area contributed by atoms with Crippen molar-refractivity contribution >= 4 is 28.6 Å². The van der Waals surface area contributed by atoms with Crippen LogP contribution in [0.25, 0.3) is 10.8 Å². The average molecular weight is 410 g/mol. The van der Waals surface area contributed by atoms with Gasteiger partial charge in [-0.05, 0) is 35.0 Å². The Labute approximate surface area is 173 Å². The number of furan rings is 1. The van der Waals surface area contributed by atoms with Crippen molar-refractivity contribution in [2.24, 2.45) is 0 Å². The van der Waals surface area contributed by atoms with Crippen LogP contribution in [0.3, 0.4) is 0 Å². The van der Waals surface area contributed by atoms with Crippen molar-refractivity contribution in [3.63, 3.8) is 0 Å². The van der Waals surface area contributed by atoms with Crippen LogP contribution in [0.15, 0.2) is 59.2 Å². The van der Waals surface area contributed by atoms with Crippen LogP contribution >= 0.6 is 0 Å². The van der Waals surface area contributed by atoms with Crippen molar-refractivity contribution in [1.29, 1.82) is 0 Å². The van der Waals surface area contributed by atoms with Gasteiger partial charge in [-0.3, -0.25) is 9.59 Å². The van der Waals surface area contributed by atoms with Crippen molar-refractivity contribution in [3.05, 3.63) is 66.1 Å². The number of methoxy groups -OCH3 is 1. The molecule has 1 heterocycles. The van der Waals surface area contributed by atoms with Gasteiger partial charge in [0.15, 0.2) is 6.61 Å². The van der Waals surface area contributed by atoms with Gasteiger partial charge in [-0.15, -0.1) is 0 Å². The molecule has 1 N–H and O–H groups in total. The highest BCUT2D eigenvalue weighted by Crippen LogP contribution is 2.26. The Balaban J connectivity index is 1.54. The second-order valence-corrected chi connectivity index (χ2v) is 6.58. The van der Waals surface area contributed by atoms with E-state index in [0.717, 1.165) is 10.8 Å². The second kappa shape index (κ2) is 9.60. The number of rotatable bonds is 8. The highest BCUT2D eigenvalue weighted by atomic mass is 16.5. The first kappa shape index (κ1) is 20.9. The van der Waals surface area contributed by atoms with Gasteiger partial charge in [0.05, 0.1) is 26.5 Å². The third-order valence-electron chi connectivity index (χ3n) is 4.46. The van der Waals surface area contributed by atoms with E-state index in [4.69, 9.17) is 13.9 Å². The maximum absolute atomic E-state index is 12.5. The van der Waals surface area contributed by atoms with E-state index in [0.29, 0.717) is 11.5 Å². The molecule has 1 aromatic heterocycles. The first-order chi connectivity index (χ1) is 14.5. The highest BCUT2D eigenvalue weighted by Gasteiger charge is 2.19. The van der Waals surface area contributed by atoms with Gasteiger partial charge in [-0.1, -0.05) is 24.3 Å². The van der Waals surface area contributed by atoms with Gasteiger partial charge in [0, 0.05) is 7.05 Å². The highest BCUT2D eigenvalue weighted by molar-refractivity contribution is 5.99. The number of ether oxygens (including phenoxy) is 2. The van der Waals surface area contributed by atoms with E-state index < -0.39 is 18.5 Å². The lowest BCUT2D eigenvalue weighted by Gasteiger charge is -2.17. The minimum atomic E-state index is -0.679. The zero-order chi connectivity index (χ0) is 21.5. The smallest absolute Gasteiger partial charge is 0.342 e. The number of hydrogen-bond donors (Lipinski definition) is 1. The van der Waals surface area contributed by atoms with Gasteiger partial charge in [-0.2, -0.15) is 0 Å². The first-order valence-corrected chi connectivity index (χ1v) is 9.25. The van der Waals surface area contributed by atoms with Gasteiger partial charge in [0.25, 0.3) is 5.91 Å². The molecule has 156 valence electrons. The molecule has 2 aromatic carbocycles. The van der Waals surface area contributed by atoms with Gasteiger partial charge < -0.3 is 24.1 Å². The summed E-state index contributed by atoms with van der Waals surface area (Å²) in [5, 5.41) is 4.41. The monoisotopic (exact) mass is 410 g/mol. The Morgan fingerprint density at radius 2 is 1.80 bits per heavy atom. The summed E-state index contributed by atoms with van der Waals surface area (Å²) in [6.07, 6.45) is 1.51.